The van der Waals surface area contributed by atoms with Gasteiger partial charge in [0, 0.05) is 17.0 Å². The number of nitrogens with one attached hydrogen (secondary N) is 1. The second-order valence-corrected chi connectivity index (χ2v) is 4.65. The highest BCUT2D eigenvalue weighted by Gasteiger charge is 2.10. The molecule has 1 aromatic rings. The molecule has 0 aromatic carbocycles. The Bertz CT molecular complexity index is 416. The molecule has 82 valence electrons. The van der Waals surface area contributed by atoms with E-state index in [1.807, 2.05) is 0 Å². The molecule has 6 heteroatoms. The number of aromatic nitrogens is 2. The van der Waals surface area contributed by atoms with Crippen LogP contribution in [0.2, 0.25) is 0 Å². The molecule has 0 aliphatic carbocycles. The van der Waals surface area contributed by atoms with Crippen molar-refractivity contribution in [3.63, 3.8) is 0 Å². The lowest BCUT2D eigenvalue weighted by molar-refractivity contribution is -0.136. The monoisotopic (exact) mass is 228 g/mol. The third kappa shape index (κ3) is 4.16. The van der Waals surface area contributed by atoms with Crippen LogP contribution in [-0.2, 0) is 4.79 Å². The summed E-state index contributed by atoms with van der Waals surface area (Å²) in [5.74, 6) is -0.856. The number of carboxylic acids is 1. The van der Waals surface area contributed by atoms with Gasteiger partial charge in [0.05, 0.1) is 6.42 Å². The van der Waals surface area contributed by atoms with Crippen LogP contribution in [0.4, 0.5) is 0 Å². The average Bonchev–Trinajstić information content (AvgIpc) is 1.98. The zero-order valence-electron chi connectivity index (χ0n) is 8.48. The van der Waals surface area contributed by atoms with Crippen molar-refractivity contribution in [3.05, 3.63) is 22.1 Å². The van der Waals surface area contributed by atoms with Crippen molar-refractivity contribution in [3.8, 4) is 0 Å². The maximum atomic E-state index is 11.1. The van der Waals surface area contributed by atoms with Gasteiger partial charge >= 0.3 is 5.97 Å². The number of H-pyrrole nitrogens is 1. The summed E-state index contributed by atoms with van der Waals surface area (Å²) < 4.78 is 0. The Labute approximate surface area is 90.9 Å². The molecule has 1 atom stereocenters. The molecule has 0 amide bonds. The van der Waals surface area contributed by atoms with E-state index in [4.69, 9.17) is 5.11 Å². The van der Waals surface area contributed by atoms with E-state index in [2.05, 4.69) is 9.97 Å². The summed E-state index contributed by atoms with van der Waals surface area (Å²) in [5.41, 5.74) is 0.413. The highest BCUT2D eigenvalue weighted by atomic mass is 32.2. The molecule has 0 fully saturated rings. The highest BCUT2D eigenvalue weighted by Crippen LogP contribution is 2.20. The molecule has 0 aliphatic heterocycles. The van der Waals surface area contributed by atoms with Crippen molar-refractivity contribution >= 4 is 17.7 Å². The van der Waals surface area contributed by atoms with Crippen molar-refractivity contribution in [1.29, 1.82) is 0 Å². The van der Waals surface area contributed by atoms with Crippen molar-refractivity contribution < 1.29 is 9.90 Å². The Balaban J connectivity index is 2.72. The lowest BCUT2D eigenvalue weighted by atomic mass is 10.3. The molecule has 15 heavy (non-hydrogen) atoms. The Morgan fingerprint density at radius 1 is 1.73 bits per heavy atom. The molecule has 0 spiro atoms. The Kier molecular flexibility index (Phi) is 3.90. The van der Waals surface area contributed by atoms with Gasteiger partial charge in [0.1, 0.15) is 0 Å². The first kappa shape index (κ1) is 11.8. The van der Waals surface area contributed by atoms with Gasteiger partial charge in [-0.3, -0.25) is 9.59 Å². The fourth-order valence-corrected chi connectivity index (χ4v) is 2.05. The number of aromatic amines is 1. The Morgan fingerprint density at radius 3 is 2.93 bits per heavy atom. The standard InChI is InChI=1S/C9H12N2O3S/c1-5-3-7(12)11-9(10-5)15-6(2)4-8(13)14/h3,6H,4H2,1-2H3,(H,13,14)(H,10,11,12). The molecule has 1 rings (SSSR count). The minimum atomic E-state index is -0.856. The zero-order chi connectivity index (χ0) is 11.4. The third-order valence-electron chi connectivity index (χ3n) is 1.62. The molecular weight excluding hydrogens is 216 g/mol. The highest BCUT2D eigenvalue weighted by molar-refractivity contribution is 7.99. The molecule has 5 nitrogen and oxygen atoms in total. The minimum Gasteiger partial charge on any atom is -0.481 e. The number of carbonyl (C=O) groups is 1. The quantitative estimate of drug-likeness (QED) is 0.594. The van der Waals surface area contributed by atoms with Crippen LogP contribution in [0.25, 0.3) is 0 Å². The molecule has 2 N–H and O–H groups in total. The average molecular weight is 228 g/mol. The summed E-state index contributed by atoms with van der Waals surface area (Å²) >= 11 is 1.25. The van der Waals surface area contributed by atoms with E-state index in [-0.39, 0.29) is 17.2 Å². The number of rotatable bonds is 4. The summed E-state index contributed by atoms with van der Waals surface area (Å²) in [6.07, 6.45) is 0.0440. The van der Waals surface area contributed by atoms with Gasteiger partial charge in [-0.05, 0) is 6.92 Å². The number of aliphatic carboxylic acids is 1. The van der Waals surface area contributed by atoms with Crippen LogP contribution in [0.3, 0.4) is 0 Å². The van der Waals surface area contributed by atoms with Crippen molar-refractivity contribution in [2.45, 2.75) is 30.7 Å². The molecule has 0 radical (unpaired) electrons. The second-order valence-electron chi connectivity index (χ2n) is 3.22. The first-order valence-corrected chi connectivity index (χ1v) is 5.32. The number of thioether (sulfide) groups is 1. The van der Waals surface area contributed by atoms with Gasteiger partial charge in [-0.1, -0.05) is 18.7 Å². The topological polar surface area (TPSA) is 83.0 Å². The van der Waals surface area contributed by atoms with Crippen LogP contribution >= 0.6 is 11.8 Å². The molecule has 0 aliphatic rings. The van der Waals surface area contributed by atoms with Crippen LogP contribution in [0, 0.1) is 6.92 Å². The van der Waals surface area contributed by atoms with E-state index < -0.39 is 5.97 Å². The number of hydrogen-bond acceptors (Lipinski definition) is 4. The summed E-state index contributed by atoms with van der Waals surface area (Å²) in [5, 5.41) is 8.91. The van der Waals surface area contributed by atoms with Gasteiger partial charge in [0.25, 0.3) is 5.56 Å². The first-order chi connectivity index (χ1) is 6.97. The van der Waals surface area contributed by atoms with E-state index in [9.17, 15) is 9.59 Å². The lowest BCUT2D eigenvalue weighted by Gasteiger charge is -2.07. The summed E-state index contributed by atoms with van der Waals surface area (Å²) in [6, 6.07) is 1.39. The fraction of sp³-hybridized carbons (Fsp3) is 0.444. The molecule has 0 saturated carbocycles. The summed E-state index contributed by atoms with van der Waals surface area (Å²) in [4.78, 5) is 28.2. The number of carboxylic acid groups (broad SMARTS) is 1. The molecule has 1 unspecified atom stereocenters. The number of nitrogens with zero attached hydrogens (tertiary/aromatic N) is 1. The normalized spacial score (nSPS) is 12.4. The largest absolute Gasteiger partial charge is 0.481 e. The van der Waals surface area contributed by atoms with Crippen LogP contribution < -0.4 is 5.56 Å². The molecule has 0 bridgehead atoms. The van der Waals surface area contributed by atoms with Crippen molar-refractivity contribution in [2.24, 2.45) is 0 Å². The second kappa shape index (κ2) is 4.97. The summed E-state index contributed by atoms with van der Waals surface area (Å²) in [7, 11) is 0. The minimum absolute atomic E-state index is 0.0440. The predicted molar refractivity (Wildman–Crippen MR) is 57.2 cm³/mol. The molecule has 0 saturated heterocycles. The van der Waals surface area contributed by atoms with Gasteiger partial charge in [-0.15, -0.1) is 0 Å². The number of aryl methyl sites for hydroxylation is 1. The van der Waals surface area contributed by atoms with E-state index in [0.717, 1.165) is 0 Å². The van der Waals surface area contributed by atoms with Crippen LogP contribution in [0.1, 0.15) is 19.0 Å². The lowest BCUT2D eigenvalue weighted by Crippen LogP contribution is -2.11. The fourth-order valence-electron chi connectivity index (χ4n) is 1.09. The van der Waals surface area contributed by atoms with E-state index in [1.165, 1.54) is 17.8 Å². The van der Waals surface area contributed by atoms with Crippen LogP contribution in [0.5, 0.6) is 0 Å². The maximum absolute atomic E-state index is 11.1. The summed E-state index contributed by atoms with van der Waals surface area (Å²) in [6.45, 7) is 3.50. The Morgan fingerprint density at radius 2 is 2.40 bits per heavy atom. The maximum Gasteiger partial charge on any atom is 0.304 e. The van der Waals surface area contributed by atoms with E-state index >= 15 is 0 Å². The van der Waals surface area contributed by atoms with Gasteiger partial charge in [0.15, 0.2) is 5.16 Å². The van der Waals surface area contributed by atoms with E-state index in [0.29, 0.717) is 10.9 Å². The van der Waals surface area contributed by atoms with E-state index in [1.54, 1.807) is 13.8 Å². The smallest absolute Gasteiger partial charge is 0.304 e. The molecule has 1 aromatic heterocycles. The van der Waals surface area contributed by atoms with Crippen LogP contribution in [0.15, 0.2) is 16.0 Å². The van der Waals surface area contributed by atoms with Crippen molar-refractivity contribution in [2.75, 3.05) is 0 Å². The third-order valence-corrected chi connectivity index (χ3v) is 2.61. The van der Waals surface area contributed by atoms with Gasteiger partial charge in [0.2, 0.25) is 0 Å². The number of hydrogen-bond donors (Lipinski definition) is 2. The predicted octanol–water partition coefficient (Wildman–Crippen LogP) is 1.03. The van der Waals surface area contributed by atoms with Crippen LogP contribution in [-0.4, -0.2) is 26.3 Å². The molecule has 1 heterocycles. The SMILES string of the molecule is Cc1cc(=O)[nH]c(SC(C)CC(=O)O)n1. The zero-order valence-corrected chi connectivity index (χ0v) is 9.30. The Hall–Kier alpha value is -1.30. The van der Waals surface area contributed by atoms with Crippen molar-refractivity contribution in [1.82, 2.24) is 9.97 Å². The van der Waals surface area contributed by atoms with Gasteiger partial charge < -0.3 is 10.1 Å². The first-order valence-electron chi connectivity index (χ1n) is 4.44. The van der Waals surface area contributed by atoms with Gasteiger partial charge in [-0.2, -0.15) is 0 Å². The molecular formula is C9H12N2O3S. The van der Waals surface area contributed by atoms with Gasteiger partial charge in [-0.25, -0.2) is 4.98 Å².